The minimum Gasteiger partial charge on any atom is -0.353 e. The molecule has 3 N–H and O–H groups in total. The first-order valence-electron chi connectivity index (χ1n) is 9.40. The molecule has 0 heterocycles. The highest BCUT2D eigenvalue weighted by Crippen LogP contribution is 2.19. The van der Waals surface area contributed by atoms with Gasteiger partial charge in [-0.05, 0) is 43.6 Å². The molecule has 138 valence electrons. The fourth-order valence-corrected chi connectivity index (χ4v) is 3.24. The van der Waals surface area contributed by atoms with Crippen molar-refractivity contribution in [3.05, 3.63) is 35.9 Å². The molecule has 0 saturated heterocycles. The topological polar surface area (TPSA) is 70.2 Å². The van der Waals surface area contributed by atoms with Gasteiger partial charge in [-0.15, -0.1) is 0 Å². The van der Waals surface area contributed by atoms with Crippen molar-refractivity contribution in [2.45, 2.75) is 64.5 Å². The standard InChI is InChI=1S/C20H31N3O2/c1-15(2)14-19(24)22-17-8-10-18(11-9-17)23-20(25)21-13-12-16-6-4-3-5-7-16/h3-7,15,17-18H,8-14H2,1-2H3,(H,22,24)(H2,21,23,25). The zero-order chi connectivity index (χ0) is 18.1. The number of benzene rings is 1. The van der Waals surface area contributed by atoms with Crippen LogP contribution < -0.4 is 16.0 Å². The van der Waals surface area contributed by atoms with Crippen molar-refractivity contribution in [3.8, 4) is 0 Å². The van der Waals surface area contributed by atoms with Crippen molar-refractivity contribution in [1.82, 2.24) is 16.0 Å². The maximum atomic E-state index is 12.0. The van der Waals surface area contributed by atoms with Crippen LogP contribution >= 0.6 is 0 Å². The van der Waals surface area contributed by atoms with Crippen LogP contribution in [0.1, 0.15) is 51.5 Å². The summed E-state index contributed by atoms with van der Waals surface area (Å²) in [6.07, 6.45) is 5.11. The quantitative estimate of drug-likeness (QED) is 0.711. The van der Waals surface area contributed by atoms with Crippen LogP contribution in [0.25, 0.3) is 0 Å². The van der Waals surface area contributed by atoms with Crippen LogP contribution in [0, 0.1) is 5.92 Å². The van der Waals surface area contributed by atoms with Crippen LogP contribution in [0.4, 0.5) is 4.79 Å². The first kappa shape index (κ1) is 19.3. The molecule has 0 aliphatic heterocycles. The van der Waals surface area contributed by atoms with Gasteiger partial charge in [-0.1, -0.05) is 44.2 Å². The third-order valence-corrected chi connectivity index (χ3v) is 4.56. The van der Waals surface area contributed by atoms with E-state index in [1.165, 1.54) is 5.56 Å². The molecule has 0 radical (unpaired) electrons. The molecule has 5 nitrogen and oxygen atoms in total. The third kappa shape index (κ3) is 7.59. The van der Waals surface area contributed by atoms with Crippen molar-refractivity contribution < 1.29 is 9.59 Å². The summed E-state index contributed by atoms with van der Waals surface area (Å²) in [7, 11) is 0. The molecule has 1 saturated carbocycles. The van der Waals surface area contributed by atoms with E-state index >= 15 is 0 Å². The summed E-state index contributed by atoms with van der Waals surface area (Å²) in [5, 5.41) is 9.08. The molecule has 25 heavy (non-hydrogen) atoms. The summed E-state index contributed by atoms with van der Waals surface area (Å²) < 4.78 is 0. The van der Waals surface area contributed by atoms with E-state index in [2.05, 4.69) is 41.9 Å². The Morgan fingerprint density at radius 3 is 2.20 bits per heavy atom. The Kier molecular flexibility index (Phi) is 7.76. The molecule has 0 spiro atoms. The number of urea groups is 1. The predicted molar refractivity (Wildman–Crippen MR) is 100 cm³/mol. The molecule has 1 aromatic carbocycles. The van der Waals surface area contributed by atoms with Gasteiger partial charge in [0.15, 0.2) is 0 Å². The molecular formula is C20H31N3O2. The average molecular weight is 345 g/mol. The molecule has 0 unspecified atom stereocenters. The second-order valence-electron chi connectivity index (χ2n) is 7.35. The largest absolute Gasteiger partial charge is 0.353 e. The summed E-state index contributed by atoms with van der Waals surface area (Å²) in [5.41, 5.74) is 1.22. The number of carbonyl (C=O) groups is 2. The van der Waals surface area contributed by atoms with E-state index in [0.29, 0.717) is 18.9 Å². The normalized spacial score (nSPS) is 20.1. The summed E-state index contributed by atoms with van der Waals surface area (Å²) in [4.78, 5) is 23.8. The predicted octanol–water partition coefficient (Wildman–Crippen LogP) is 3.00. The van der Waals surface area contributed by atoms with Gasteiger partial charge in [0, 0.05) is 25.0 Å². The molecule has 2 rings (SSSR count). The molecule has 1 aliphatic rings. The highest BCUT2D eigenvalue weighted by Gasteiger charge is 2.23. The number of nitrogens with one attached hydrogen (secondary N) is 3. The van der Waals surface area contributed by atoms with Gasteiger partial charge in [0.25, 0.3) is 0 Å². The van der Waals surface area contributed by atoms with Crippen LogP contribution in [0.15, 0.2) is 30.3 Å². The number of carbonyl (C=O) groups excluding carboxylic acids is 2. The second-order valence-corrected chi connectivity index (χ2v) is 7.35. The van der Waals surface area contributed by atoms with Crippen LogP contribution in [-0.4, -0.2) is 30.6 Å². The maximum absolute atomic E-state index is 12.0. The van der Waals surface area contributed by atoms with Crippen molar-refractivity contribution in [2.24, 2.45) is 5.92 Å². The minimum absolute atomic E-state index is 0.0942. The smallest absolute Gasteiger partial charge is 0.315 e. The van der Waals surface area contributed by atoms with Crippen LogP contribution in [0.2, 0.25) is 0 Å². The van der Waals surface area contributed by atoms with E-state index in [1.807, 2.05) is 18.2 Å². The fourth-order valence-electron chi connectivity index (χ4n) is 3.24. The number of amides is 3. The zero-order valence-corrected chi connectivity index (χ0v) is 15.4. The Labute approximate surface area is 151 Å². The fraction of sp³-hybridized carbons (Fsp3) is 0.600. The first-order chi connectivity index (χ1) is 12.0. The van der Waals surface area contributed by atoms with Gasteiger partial charge in [-0.25, -0.2) is 4.79 Å². The Balaban J connectivity index is 1.59. The highest BCUT2D eigenvalue weighted by molar-refractivity contribution is 5.76. The molecule has 1 aromatic rings. The Bertz CT molecular complexity index is 537. The monoisotopic (exact) mass is 345 g/mol. The van der Waals surface area contributed by atoms with Crippen LogP contribution in [-0.2, 0) is 11.2 Å². The van der Waals surface area contributed by atoms with Gasteiger partial charge in [0.2, 0.25) is 5.91 Å². The van der Waals surface area contributed by atoms with E-state index in [-0.39, 0.29) is 24.0 Å². The van der Waals surface area contributed by atoms with E-state index < -0.39 is 0 Å². The van der Waals surface area contributed by atoms with Crippen molar-refractivity contribution in [3.63, 3.8) is 0 Å². The lowest BCUT2D eigenvalue weighted by atomic mass is 9.91. The second kappa shape index (κ2) is 10.1. The summed E-state index contributed by atoms with van der Waals surface area (Å²) in [6, 6.07) is 10.5. The number of hydrogen-bond donors (Lipinski definition) is 3. The lowest BCUT2D eigenvalue weighted by molar-refractivity contribution is -0.122. The molecule has 3 amide bonds. The van der Waals surface area contributed by atoms with Crippen molar-refractivity contribution >= 4 is 11.9 Å². The van der Waals surface area contributed by atoms with Crippen LogP contribution in [0.3, 0.4) is 0 Å². The molecule has 0 aromatic heterocycles. The third-order valence-electron chi connectivity index (χ3n) is 4.56. The minimum atomic E-state index is -0.0942. The highest BCUT2D eigenvalue weighted by atomic mass is 16.2. The van der Waals surface area contributed by atoms with E-state index in [4.69, 9.17) is 0 Å². The van der Waals surface area contributed by atoms with Crippen LogP contribution in [0.5, 0.6) is 0 Å². The van der Waals surface area contributed by atoms with Gasteiger partial charge < -0.3 is 16.0 Å². The van der Waals surface area contributed by atoms with Crippen molar-refractivity contribution in [1.29, 1.82) is 0 Å². The van der Waals surface area contributed by atoms with Gasteiger partial charge in [0.1, 0.15) is 0 Å². The average Bonchev–Trinajstić information content (AvgIpc) is 2.57. The zero-order valence-electron chi connectivity index (χ0n) is 15.4. The van der Waals surface area contributed by atoms with Crippen molar-refractivity contribution in [2.75, 3.05) is 6.54 Å². The van der Waals surface area contributed by atoms with Gasteiger partial charge in [-0.2, -0.15) is 0 Å². The molecule has 1 aliphatic carbocycles. The molecule has 0 bridgehead atoms. The Morgan fingerprint density at radius 1 is 1.00 bits per heavy atom. The Morgan fingerprint density at radius 2 is 1.60 bits per heavy atom. The van der Waals surface area contributed by atoms with Gasteiger partial charge in [0.05, 0.1) is 0 Å². The van der Waals surface area contributed by atoms with E-state index in [0.717, 1.165) is 32.1 Å². The molecule has 0 atom stereocenters. The Hall–Kier alpha value is -2.04. The first-order valence-corrected chi connectivity index (χ1v) is 9.40. The maximum Gasteiger partial charge on any atom is 0.315 e. The lowest BCUT2D eigenvalue weighted by Gasteiger charge is -2.29. The number of hydrogen-bond acceptors (Lipinski definition) is 2. The van der Waals surface area contributed by atoms with E-state index in [9.17, 15) is 9.59 Å². The lowest BCUT2D eigenvalue weighted by Crippen LogP contribution is -2.47. The molecular weight excluding hydrogens is 314 g/mol. The molecule has 5 heteroatoms. The number of rotatable bonds is 7. The summed E-state index contributed by atoms with van der Waals surface area (Å²) in [5.74, 6) is 0.530. The molecule has 1 fully saturated rings. The SMILES string of the molecule is CC(C)CC(=O)NC1CCC(NC(=O)NCCc2ccccc2)CC1. The summed E-state index contributed by atoms with van der Waals surface area (Å²) in [6.45, 7) is 4.74. The summed E-state index contributed by atoms with van der Waals surface area (Å²) >= 11 is 0. The van der Waals surface area contributed by atoms with E-state index in [1.54, 1.807) is 0 Å². The van der Waals surface area contributed by atoms with Gasteiger partial charge >= 0.3 is 6.03 Å². The van der Waals surface area contributed by atoms with Gasteiger partial charge in [-0.3, -0.25) is 4.79 Å².